The van der Waals surface area contributed by atoms with E-state index in [1.165, 1.54) is 12.8 Å². The zero-order chi connectivity index (χ0) is 13.0. The molecule has 1 saturated carbocycles. The van der Waals surface area contributed by atoms with Crippen molar-refractivity contribution in [2.24, 2.45) is 7.05 Å². The van der Waals surface area contributed by atoms with Gasteiger partial charge in [0.2, 0.25) is 0 Å². The van der Waals surface area contributed by atoms with Crippen LogP contribution in [-0.4, -0.2) is 19.7 Å². The fourth-order valence-corrected chi connectivity index (χ4v) is 2.51. The molecule has 5 heteroatoms. The maximum Gasteiger partial charge on any atom is 0.144 e. The molecule has 1 fully saturated rings. The third-order valence-corrected chi connectivity index (χ3v) is 3.71. The lowest BCUT2D eigenvalue weighted by atomic mass is 10.1. The van der Waals surface area contributed by atoms with Gasteiger partial charge in [-0.25, -0.2) is 4.98 Å². The Kier molecular flexibility index (Phi) is 2.01. The first kappa shape index (κ1) is 10.6. The number of nitrogens with two attached hydrogens (primary N) is 1. The molecule has 0 unspecified atom stereocenters. The predicted octanol–water partition coefficient (Wildman–Crippen LogP) is 2.42. The number of aryl methyl sites for hydroxylation is 1. The van der Waals surface area contributed by atoms with Crippen LogP contribution in [0.1, 0.15) is 24.5 Å². The summed E-state index contributed by atoms with van der Waals surface area (Å²) in [4.78, 5) is 7.98. The molecule has 96 valence electrons. The van der Waals surface area contributed by atoms with Crippen molar-refractivity contribution in [3.05, 3.63) is 30.0 Å². The quantitative estimate of drug-likeness (QED) is 0.736. The van der Waals surface area contributed by atoms with E-state index in [0.717, 1.165) is 28.1 Å². The second-order valence-corrected chi connectivity index (χ2v) is 5.15. The Labute approximate surface area is 110 Å². The largest absolute Gasteiger partial charge is 0.383 e. The number of imidazole rings is 1. The number of nitrogens with one attached hydrogen (secondary N) is 1. The van der Waals surface area contributed by atoms with Crippen LogP contribution in [0.4, 0.5) is 5.82 Å². The summed E-state index contributed by atoms with van der Waals surface area (Å²) in [6.07, 6.45) is 2.40. The number of H-pyrrole nitrogens is 1. The number of nitrogens with zero attached hydrogens (tertiary/aromatic N) is 3. The van der Waals surface area contributed by atoms with E-state index >= 15 is 0 Å². The predicted molar refractivity (Wildman–Crippen MR) is 74.7 cm³/mol. The lowest BCUT2D eigenvalue weighted by Gasteiger charge is -1.98. The van der Waals surface area contributed by atoms with Crippen LogP contribution in [0.15, 0.2) is 24.3 Å². The lowest BCUT2D eigenvalue weighted by Crippen LogP contribution is -1.98. The maximum absolute atomic E-state index is 6.16. The minimum atomic E-state index is 0.548. The molecule has 1 aliphatic rings. The van der Waals surface area contributed by atoms with Crippen LogP contribution in [0.5, 0.6) is 0 Å². The average molecular weight is 253 g/mol. The summed E-state index contributed by atoms with van der Waals surface area (Å²) >= 11 is 0. The molecular formula is C14H15N5. The van der Waals surface area contributed by atoms with Gasteiger partial charge in [-0.3, -0.25) is 4.68 Å². The highest BCUT2D eigenvalue weighted by molar-refractivity contribution is 5.82. The van der Waals surface area contributed by atoms with Gasteiger partial charge in [-0.05, 0) is 25.0 Å². The third-order valence-electron chi connectivity index (χ3n) is 3.71. The first-order valence-corrected chi connectivity index (χ1v) is 6.51. The van der Waals surface area contributed by atoms with Crippen molar-refractivity contribution in [1.82, 2.24) is 19.7 Å². The van der Waals surface area contributed by atoms with Crippen LogP contribution in [-0.2, 0) is 7.05 Å². The summed E-state index contributed by atoms with van der Waals surface area (Å²) in [6.45, 7) is 0. The Morgan fingerprint density at radius 1 is 1.32 bits per heavy atom. The van der Waals surface area contributed by atoms with Gasteiger partial charge in [-0.1, -0.05) is 12.1 Å². The third kappa shape index (κ3) is 1.54. The van der Waals surface area contributed by atoms with Gasteiger partial charge in [-0.2, -0.15) is 5.10 Å². The second kappa shape index (κ2) is 3.60. The smallest absolute Gasteiger partial charge is 0.144 e. The van der Waals surface area contributed by atoms with Gasteiger partial charge in [0.05, 0.1) is 22.3 Å². The monoisotopic (exact) mass is 253 g/mol. The molecule has 3 aromatic rings. The highest BCUT2D eigenvalue weighted by atomic mass is 15.3. The standard InChI is InChI=1S/C14H15N5/c1-19-13(15)11(12(18-19)8-6-7-8)14-16-9-4-2-3-5-10(9)17-14/h2-5,8H,6-7,15H2,1H3,(H,16,17). The number of hydrogen-bond donors (Lipinski definition) is 2. The van der Waals surface area contributed by atoms with E-state index in [-0.39, 0.29) is 0 Å². The van der Waals surface area contributed by atoms with Crippen molar-refractivity contribution in [2.45, 2.75) is 18.8 Å². The van der Waals surface area contributed by atoms with E-state index in [0.29, 0.717) is 11.7 Å². The summed E-state index contributed by atoms with van der Waals surface area (Å²) in [5.74, 6) is 2.06. The van der Waals surface area contributed by atoms with E-state index in [1.54, 1.807) is 4.68 Å². The molecule has 0 radical (unpaired) electrons. The highest BCUT2D eigenvalue weighted by Crippen LogP contribution is 2.45. The van der Waals surface area contributed by atoms with Gasteiger partial charge in [-0.15, -0.1) is 0 Å². The maximum atomic E-state index is 6.16. The molecule has 3 N–H and O–H groups in total. The van der Waals surface area contributed by atoms with Gasteiger partial charge in [0.25, 0.3) is 0 Å². The number of benzene rings is 1. The molecule has 1 aromatic carbocycles. The molecule has 2 heterocycles. The molecule has 19 heavy (non-hydrogen) atoms. The minimum absolute atomic E-state index is 0.548. The molecule has 0 aliphatic heterocycles. The van der Waals surface area contributed by atoms with Crippen LogP contribution in [0.2, 0.25) is 0 Å². The van der Waals surface area contributed by atoms with E-state index in [9.17, 15) is 0 Å². The molecule has 0 spiro atoms. The summed E-state index contributed by atoms with van der Waals surface area (Å²) < 4.78 is 1.75. The summed E-state index contributed by atoms with van der Waals surface area (Å²) in [7, 11) is 1.88. The van der Waals surface area contributed by atoms with Gasteiger partial charge in [0.1, 0.15) is 11.6 Å². The summed E-state index contributed by atoms with van der Waals surface area (Å²) in [6, 6.07) is 8.01. The number of fused-ring (bicyclic) bond motifs is 1. The second-order valence-electron chi connectivity index (χ2n) is 5.15. The van der Waals surface area contributed by atoms with Crippen molar-refractivity contribution in [3.63, 3.8) is 0 Å². The number of nitrogen functional groups attached to an aromatic ring is 1. The van der Waals surface area contributed by atoms with Crippen molar-refractivity contribution >= 4 is 16.9 Å². The van der Waals surface area contributed by atoms with Gasteiger partial charge >= 0.3 is 0 Å². The fourth-order valence-electron chi connectivity index (χ4n) is 2.51. The normalized spacial score (nSPS) is 15.2. The van der Waals surface area contributed by atoms with Crippen molar-refractivity contribution in [3.8, 4) is 11.4 Å². The Morgan fingerprint density at radius 3 is 2.84 bits per heavy atom. The van der Waals surface area contributed by atoms with Crippen LogP contribution in [0.25, 0.3) is 22.4 Å². The molecule has 0 bridgehead atoms. The van der Waals surface area contributed by atoms with E-state index in [4.69, 9.17) is 5.73 Å². The van der Waals surface area contributed by atoms with Crippen molar-refractivity contribution in [2.75, 3.05) is 5.73 Å². The number of aromatic nitrogens is 4. The van der Waals surface area contributed by atoms with Crippen molar-refractivity contribution in [1.29, 1.82) is 0 Å². The first-order chi connectivity index (χ1) is 9.24. The Bertz CT molecular complexity index is 730. The molecule has 0 atom stereocenters. The number of rotatable bonds is 2. The molecule has 0 saturated heterocycles. The summed E-state index contributed by atoms with van der Waals surface area (Å²) in [5.41, 5.74) is 10.2. The lowest BCUT2D eigenvalue weighted by molar-refractivity contribution is 0.753. The number of hydrogen-bond acceptors (Lipinski definition) is 3. The van der Waals surface area contributed by atoms with Crippen LogP contribution in [0, 0.1) is 0 Å². The van der Waals surface area contributed by atoms with Gasteiger partial charge < -0.3 is 10.7 Å². The van der Waals surface area contributed by atoms with Crippen LogP contribution >= 0.6 is 0 Å². The van der Waals surface area contributed by atoms with Crippen LogP contribution < -0.4 is 5.73 Å². The van der Waals surface area contributed by atoms with E-state index in [2.05, 4.69) is 15.1 Å². The SMILES string of the molecule is Cn1nc(C2CC2)c(-c2nc3ccccc3[nH]2)c1N. The first-order valence-electron chi connectivity index (χ1n) is 6.51. The molecular weight excluding hydrogens is 238 g/mol. The average Bonchev–Trinajstić information content (AvgIpc) is 3.10. The molecule has 1 aliphatic carbocycles. The van der Waals surface area contributed by atoms with Crippen molar-refractivity contribution < 1.29 is 0 Å². The topological polar surface area (TPSA) is 72.5 Å². The minimum Gasteiger partial charge on any atom is -0.383 e. The molecule has 4 rings (SSSR count). The molecule has 2 aromatic heterocycles. The fraction of sp³-hybridized carbons (Fsp3) is 0.286. The van der Waals surface area contributed by atoms with E-state index < -0.39 is 0 Å². The number of anilines is 1. The highest BCUT2D eigenvalue weighted by Gasteiger charge is 2.32. The van der Waals surface area contributed by atoms with Crippen LogP contribution in [0.3, 0.4) is 0 Å². The summed E-state index contributed by atoms with van der Waals surface area (Å²) in [5, 5.41) is 4.55. The Balaban J connectivity index is 1.95. The zero-order valence-electron chi connectivity index (χ0n) is 10.7. The number of para-hydroxylation sites is 2. The zero-order valence-corrected chi connectivity index (χ0v) is 10.7. The molecule has 0 amide bonds. The van der Waals surface area contributed by atoms with Gasteiger partial charge in [0.15, 0.2) is 0 Å². The Morgan fingerprint density at radius 2 is 2.11 bits per heavy atom. The van der Waals surface area contributed by atoms with E-state index in [1.807, 2.05) is 31.3 Å². The Hall–Kier alpha value is -2.30. The number of aromatic amines is 1. The molecule has 5 nitrogen and oxygen atoms in total. The van der Waals surface area contributed by atoms with Gasteiger partial charge in [0, 0.05) is 13.0 Å².